The van der Waals surface area contributed by atoms with E-state index in [1.54, 1.807) is 37.3 Å². The Morgan fingerprint density at radius 1 is 1.00 bits per heavy atom. The van der Waals surface area contributed by atoms with Crippen LogP contribution in [0.5, 0.6) is 0 Å². The number of anilines is 1. The Morgan fingerprint density at radius 2 is 1.68 bits per heavy atom. The Labute approximate surface area is 218 Å². The van der Waals surface area contributed by atoms with Crippen LogP contribution in [0.2, 0.25) is 0 Å². The number of aromatic amines is 1. The molecule has 4 aromatic rings. The lowest BCUT2D eigenvalue weighted by molar-refractivity contribution is 0.0968. The highest BCUT2D eigenvalue weighted by molar-refractivity contribution is 7.92. The summed E-state index contributed by atoms with van der Waals surface area (Å²) in [5.41, 5.74) is 4.24. The number of aliphatic hydroxyl groups is 1. The number of rotatable bonds is 9. The number of ketones is 1. The molecule has 1 unspecified atom stereocenters. The lowest BCUT2D eigenvalue weighted by atomic mass is 9.87. The van der Waals surface area contributed by atoms with Gasteiger partial charge < -0.3 is 10.1 Å². The average Bonchev–Trinajstić information content (AvgIpc) is 3.22. The number of carbonyl (C=O) groups excluding carboxylic acids is 1. The van der Waals surface area contributed by atoms with Gasteiger partial charge in [0, 0.05) is 28.6 Å². The van der Waals surface area contributed by atoms with Gasteiger partial charge in [-0.05, 0) is 66.6 Å². The van der Waals surface area contributed by atoms with E-state index >= 15 is 0 Å². The monoisotopic (exact) mass is 518 g/mol. The fraction of sp³-hybridized carbons (Fsp3) is 0.300. The Morgan fingerprint density at radius 3 is 2.30 bits per heavy atom. The Kier molecular flexibility index (Phi) is 7.57. The zero-order valence-corrected chi connectivity index (χ0v) is 22.5. The molecule has 194 valence electrons. The fourth-order valence-corrected chi connectivity index (χ4v) is 5.45. The van der Waals surface area contributed by atoms with Gasteiger partial charge in [0.2, 0.25) is 0 Å². The number of aromatic nitrogens is 1. The summed E-state index contributed by atoms with van der Waals surface area (Å²) in [6, 6.07) is 21.8. The van der Waals surface area contributed by atoms with Crippen molar-refractivity contribution in [3.05, 3.63) is 84.1 Å². The Bertz CT molecular complexity index is 1500. The molecule has 3 N–H and O–H groups in total. The van der Waals surface area contributed by atoms with Gasteiger partial charge >= 0.3 is 0 Å². The molecule has 4 rings (SSSR count). The molecule has 1 heterocycles. The van der Waals surface area contributed by atoms with Gasteiger partial charge in [-0.15, -0.1) is 0 Å². The molecular formula is C30H34N2O4S. The molecule has 0 aliphatic rings. The summed E-state index contributed by atoms with van der Waals surface area (Å²) in [7, 11) is -3.80. The molecule has 6 nitrogen and oxygen atoms in total. The quantitative estimate of drug-likeness (QED) is 0.216. The summed E-state index contributed by atoms with van der Waals surface area (Å²) >= 11 is 0. The van der Waals surface area contributed by atoms with Crippen molar-refractivity contribution >= 4 is 32.4 Å². The summed E-state index contributed by atoms with van der Waals surface area (Å²) in [6.45, 7) is 7.95. The fourth-order valence-electron chi connectivity index (χ4n) is 4.40. The Balaban J connectivity index is 1.70. The molecular weight excluding hydrogens is 484 g/mol. The maximum absolute atomic E-state index is 13.2. The summed E-state index contributed by atoms with van der Waals surface area (Å²) in [5, 5.41) is 10.3. The maximum atomic E-state index is 13.2. The first kappa shape index (κ1) is 26.6. The van der Waals surface area contributed by atoms with Crippen LogP contribution in [0.25, 0.3) is 22.0 Å². The summed E-state index contributed by atoms with van der Waals surface area (Å²) < 4.78 is 29.0. The third-order valence-electron chi connectivity index (χ3n) is 6.45. The molecule has 0 amide bonds. The molecule has 0 aliphatic carbocycles. The smallest absolute Gasteiger partial charge is 0.261 e. The van der Waals surface area contributed by atoms with Gasteiger partial charge in [0.15, 0.2) is 5.78 Å². The van der Waals surface area contributed by atoms with Crippen molar-refractivity contribution < 1.29 is 18.3 Å². The van der Waals surface area contributed by atoms with Crippen molar-refractivity contribution in [1.82, 2.24) is 4.98 Å². The van der Waals surface area contributed by atoms with Crippen molar-refractivity contribution in [2.75, 3.05) is 4.72 Å². The van der Waals surface area contributed by atoms with E-state index in [0.29, 0.717) is 30.6 Å². The summed E-state index contributed by atoms with van der Waals surface area (Å²) in [6.07, 6.45) is 0.986. The van der Waals surface area contributed by atoms with Crippen LogP contribution in [-0.2, 0) is 15.4 Å². The second-order valence-electron chi connectivity index (χ2n) is 10.5. The van der Waals surface area contributed by atoms with Crippen LogP contribution in [0.1, 0.15) is 63.0 Å². The van der Waals surface area contributed by atoms with Crippen molar-refractivity contribution in [3.63, 3.8) is 0 Å². The molecule has 3 aromatic carbocycles. The van der Waals surface area contributed by atoms with E-state index in [1.165, 1.54) is 0 Å². The zero-order chi connectivity index (χ0) is 26.8. The number of hydrogen-bond acceptors (Lipinski definition) is 4. The molecule has 0 bridgehead atoms. The van der Waals surface area contributed by atoms with Crippen LogP contribution in [0.4, 0.5) is 5.69 Å². The second-order valence-corrected chi connectivity index (χ2v) is 12.2. The Hall–Kier alpha value is -3.42. The van der Waals surface area contributed by atoms with E-state index < -0.39 is 16.1 Å². The largest absolute Gasteiger partial charge is 0.393 e. The minimum absolute atomic E-state index is 0.0447. The molecule has 1 aromatic heterocycles. The van der Waals surface area contributed by atoms with Crippen molar-refractivity contribution in [2.24, 2.45) is 0 Å². The van der Waals surface area contributed by atoms with Crippen molar-refractivity contribution in [2.45, 2.75) is 63.4 Å². The highest BCUT2D eigenvalue weighted by Gasteiger charge is 2.21. The number of benzene rings is 3. The van der Waals surface area contributed by atoms with E-state index in [0.717, 1.165) is 27.6 Å². The van der Waals surface area contributed by atoms with Crippen molar-refractivity contribution in [1.29, 1.82) is 0 Å². The van der Waals surface area contributed by atoms with E-state index in [4.69, 9.17) is 0 Å². The molecule has 0 spiro atoms. The van der Waals surface area contributed by atoms with Gasteiger partial charge in [0.1, 0.15) is 0 Å². The number of nitrogens with one attached hydrogen (secondary N) is 2. The number of sulfonamides is 1. The molecule has 0 radical (unpaired) electrons. The standard InChI is InChI=1S/C30H34N2O4S/c1-20(33)9-8-12-27(34)29-28(21-10-6-5-7-11-21)25-19-23(15-18-26(25)31-29)32-37(35,36)24-16-13-22(14-17-24)30(2,3)4/h5-7,10-11,13-20,31-33H,8-9,12H2,1-4H3. The number of fused-ring (bicyclic) bond motifs is 1. The molecule has 7 heteroatoms. The van der Waals surface area contributed by atoms with Crippen LogP contribution in [-0.4, -0.2) is 30.4 Å². The van der Waals surface area contributed by atoms with Gasteiger partial charge in [0.05, 0.1) is 16.7 Å². The summed E-state index contributed by atoms with van der Waals surface area (Å²) in [4.78, 5) is 16.6. The van der Waals surface area contributed by atoms with Gasteiger partial charge in [-0.3, -0.25) is 9.52 Å². The predicted octanol–water partition coefficient (Wildman–Crippen LogP) is 6.67. The van der Waals surface area contributed by atoms with Gasteiger partial charge in [-0.1, -0.05) is 63.2 Å². The van der Waals surface area contributed by atoms with Gasteiger partial charge in [0.25, 0.3) is 10.0 Å². The van der Waals surface area contributed by atoms with E-state index in [-0.39, 0.29) is 16.1 Å². The number of Topliss-reactive ketones (excluding diaryl/α,β-unsaturated/α-hetero) is 1. The SMILES string of the molecule is CC(O)CCCC(=O)c1[nH]c2ccc(NS(=O)(=O)c3ccc(C(C)(C)C)cc3)cc2c1-c1ccccc1. The minimum Gasteiger partial charge on any atom is -0.393 e. The number of carbonyl (C=O) groups is 1. The lowest BCUT2D eigenvalue weighted by Gasteiger charge is -2.19. The van der Waals surface area contributed by atoms with Gasteiger partial charge in [-0.25, -0.2) is 8.42 Å². The van der Waals surface area contributed by atoms with E-state index in [1.807, 2.05) is 42.5 Å². The first-order chi connectivity index (χ1) is 17.5. The molecule has 37 heavy (non-hydrogen) atoms. The average molecular weight is 519 g/mol. The van der Waals surface area contributed by atoms with Crippen LogP contribution in [0.3, 0.4) is 0 Å². The minimum atomic E-state index is -3.80. The van der Waals surface area contributed by atoms with E-state index in [9.17, 15) is 18.3 Å². The molecule has 0 fully saturated rings. The summed E-state index contributed by atoms with van der Waals surface area (Å²) in [5.74, 6) is -0.0447. The number of hydrogen-bond donors (Lipinski definition) is 3. The van der Waals surface area contributed by atoms with Gasteiger partial charge in [-0.2, -0.15) is 0 Å². The van der Waals surface area contributed by atoms with E-state index in [2.05, 4.69) is 30.5 Å². The highest BCUT2D eigenvalue weighted by atomic mass is 32.2. The van der Waals surface area contributed by atoms with Crippen LogP contribution in [0.15, 0.2) is 77.7 Å². The number of aliphatic hydroxyl groups excluding tert-OH is 1. The van der Waals surface area contributed by atoms with Crippen LogP contribution < -0.4 is 4.72 Å². The molecule has 0 saturated heterocycles. The zero-order valence-electron chi connectivity index (χ0n) is 21.7. The second kappa shape index (κ2) is 10.5. The first-order valence-corrected chi connectivity index (χ1v) is 14.0. The van der Waals surface area contributed by atoms with Crippen molar-refractivity contribution in [3.8, 4) is 11.1 Å². The van der Waals surface area contributed by atoms with Crippen LogP contribution in [0, 0.1) is 0 Å². The third kappa shape index (κ3) is 6.12. The predicted molar refractivity (Wildman–Crippen MR) is 150 cm³/mol. The third-order valence-corrected chi connectivity index (χ3v) is 7.85. The normalized spacial score (nSPS) is 13.0. The number of H-pyrrole nitrogens is 1. The highest BCUT2D eigenvalue weighted by Crippen LogP contribution is 2.35. The molecule has 0 saturated carbocycles. The molecule has 1 atom stereocenters. The maximum Gasteiger partial charge on any atom is 0.261 e. The lowest BCUT2D eigenvalue weighted by Crippen LogP contribution is -2.14. The topological polar surface area (TPSA) is 99.3 Å². The van der Waals surface area contributed by atoms with Crippen LogP contribution >= 0.6 is 0 Å². The first-order valence-electron chi connectivity index (χ1n) is 12.5. The molecule has 0 aliphatic heterocycles.